The van der Waals surface area contributed by atoms with Gasteiger partial charge in [-0.1, -0.05) is 0 Å². The lowest BCUT2D eigenvalue weighted by Crippen LogP contribution is -2.37. The molecule has 0 fully saturated rings. The van der Waals surface area contributed by atoms with E-state index < -0.39 is 10.4 Å². The fourth-order valence-corrected chi connectivity index (χ4v) is 2.85. The summed E-state index contributed by atoms with van der Waals surface area (Å²) >= 11 is 9.05. The third-order valence-electron chi connectivity index (χ3n) is 2.39. The molecule has 5 heteroatoms. The highest BCUT2D eigenvalue weighted by molar-refractivity contribution is 9.10. The fraction of sp³-hybridized carbons (Fsp3) is 0.600. The first kappa shape index (κ1) is 12.7. The second-order valence-electron chi connectivity index (χ2n) is 3.59. The molecule has 1 aliphatic heterocycles. The van der Waals surface area contributed by atoms with Crippen LogP contribution in [0.5, 0.6) is 0 Å². The third-order valence-corrected chi connectivity index (χ3v) is 4.01. The van der Waals surface area contributed by atoms with Crippen LogP contribution in [0, 0.1) is 5.92 Å². The summed E-state index contributed by atoms with van der Waals surface area (Å²) < 4.78 is 4.50. The molecule has 0 spiro atoms. The molecule has 0 saturated carbocycles. The Bertz CT molecular complexity index is 351. The number of rotatable bonds is 3. The Morgan fingerprint density at radius 3 is 2.40 bits per heavy atom. The van der Waals surface area contributed by atoms with Crippen molar-refractivity contribution in [3.05, 3.63) is 11.3 Å². The predicted molar refractivity (Wildman–Crippen MR) is 61.0 cm³/mol. The maximum Gasteiger partial charge on any atom is 0.190 e. The number of hydrogen-bond donors (Lipinski definition) is 0. The number of Topliss-reactive ketones (excluding diaryl/α,β-unsaturated/α-hetero) is 2. The maximum absolute atomic E-state index is 11.5. The van der Waals surface area contributed by atoms with Crippen LogP contribution in [-0.4, -0.2) is 22.0 Å². The minimum Gasteiger partial charge on any atom is -0.478 e. The summed E-state index contributed by atoms with van der Waals surface area (Å²) in [5.74, 6) is -0.327. The largest absolute Gasteiger partial charge is 0.478 e. The molecule has 0 N–H and O–H groups in total. The minimum absolute atomic E-state index is 0.103. The molecule has 0 aromatic carbocycles. The van der Waals surface area contributed by atoms with Crippen molar-refractivity contribution in [3.63, 3.8) is 0 Å². The second kappa shape index (κ2) is 4.26. The number of ether oxygens (including phenoxy) is 1. The van der Waals surface area contributed by atoms with Crippen LogP contribution >= 0.6 is 27.5 Å². The molecule has 15 heavy (non-hydrogen) atoms. The molecule has 0 aromatic heterocycles. The second-order valence-corrected chi connectivity index (χ2v) is 5.20. The number of halogens is 2. The molecule has 2 atom stereocenters. The zero-order valence-electron chi connectivity index (χ0n) is 8.77. The van der Waals surface area contributed by atoms with E-state index in [9.17, 15) is 9.59 Å². The highest BCUT2D eigenvalue weighted by Crippen LogP contribution is 2.45. The van der Waals surface area contributed by atoms with E-state index in [1.54, 1.807) is 6.92 Å². The molecular weight excluding hydrogens is 283 g/mol. The van der Waals surface area contributed by atoms with Crippen molar-refractivity contribution in [2.45, 2.75) is 25.3 Å². The van der Waals surface area contributed by atoms with Crippen LogP contribution in [0.1, 0.15) is 20.8 Å². The molecule has 0 aliphatic carbocycles. The van der Waals surface area contributed by atoms with Crippen molar-refractivity contribution >= 4 is 39.1 Å². The summed E-state index contributed by atoms with van der Waals surface area (Å²) in [6.45, 7) is 4.52. The number of hydrogen-bond acceptors (Lipinski definition) is 3. The van der Waals surface area contributed by atoms with Gasteiger partial charge in [-0.05, 0) is 36.7 Å². The van der Waals surface area contributed by atoms with E-state index in [0.717, 1.165) is 0 Å². The van der Waals surface area contributed by atoms with Crippen molar-refractivity contribution < 1.29 is 14.3 Å². The summed E-state index contributed by atoms with van der Waals surface area (Å²) in [5, 5.41) is 0. The molecule has 1 rings (SSSR count). The fourth-order valence-electron chi connectivity index (χ4n) is 1.85. The van der Waals surface area contributed by atoms with Crippen LogP contribution in [0.15, 0.2) is 11.3 Å². The number of carbonyl (C=O) groups excluding carboxylic acids is 2. The average molecular weight is 296 g/mol. The van der Waals surface area contributed by atoms with E-state index in [1.165, 1.54) is 13.8 Å². The Morgan fingerprint density at radius 1 is 1.53 bits per heavy atom. The summed E-state index contributed by atoms with van der Waals surface area (Å²) in [6.07, 6.45) is 0. The first-order chi connectivity index (χ1) is 6.83. The van der Waals surface area contributed by atoms with Crippen LogP contribution in [-0.2, 0) is 14.3 Å². The monoisotopic (exact) mass is 294 g/mol. The van der Waals surface area contributed by atoms with E-state index >= 15 is 0 Å². The molecule has 0 saturated heterocycles. The maximum atomic E-state index is 11.5. The standard InChI is InChI=1S/C10H12BrClO3/c1-5(13)8-7(3)15-10(11,4-12)9(8)6(2)14/h9H,4H2,1-3H3. The SMILES string of the molecule is CC(=O)C1=C(C)OC(Br)(CCl)C1C(C)=O. The van der Waals surface area contributed by atoms with Crippen molar-refractivity contribution in [2.75, 3.05) is 5.88 Å². The molecule has 0 aromatic rings. The quantitative estimate of drug-likeness (QED) is 0.751. The Labute approximate surface area is 102 Å². The molecule has 1 heterocycles. The number of alkyl halides is 2. The third kappa shape index (κ3) is 2.11. The molecule has 0 radical (unpaired) electrons. The minimum atomic E-state index is -0.967. The van der Waals surface area contributed by atoms with Gasteiger partial charge in [-0.15, -0.1) is 11.6 Å². The number of carbonyl (C=O) groups is 2. The van der Waals surface area contributed by atoms with Crippen molar-refractivity contribution in [2.24, 2.45) is 5.92 Å². The molecule has 1 aliphatic rings. The van der Waals surface area contributed by atoms with E-state index in [2.05, 4.69) is 15.9 Å². The molecule has 0 bridgehead atoms. The van der Waals surface area contributed by atoms with Gasteiger partial charge in [-0.3, -0.25) is 9.59 Å². The van der Waals surface area contributed by atoms with Gasteiger partial charge >= 0.3 is 0 Å². The van der Waals surface area contributed by atoms with Gasteiger partial charge in [-0.25, -0.2) is 0 Å². The van der Waals surface area contributed by atoms with Crippen molar-refractivity contribution in [1.29, 1.82) is 0 Å². The average Bonchev–Trinajstić information content (AvgIpc) is 2.38. The Morgan fingerprint density at radius 2 is 2.07 bits per heavy atom. The van der Waals surface area contributed by atoms with Gasteiger partial charge in [0.15, 0.2) is 10.3 Å². The van der Waals surface area contributed by atoms with Crippen LogP contribution in [0.2, 0.25) is 0 Å². The van der Waals surface area contributed by atoms with Crippen LogP contribution < -0.4 is 0 Å². The lowest BCUT2D eigenvalue weighted by molar-refractivity contribution is -0.124. The van der Waals surface area contributed by atoms with Gasteiger partial charge in [-0.2, -0.15) is 0 Å². The van der Waals surface area contributed by atoms with Crippen LogP contribution in [0.4, 0.5) is 0 Å². The Hall–Kier alpha value is -0.350. The Balaban J connectivity index is 3.21. The van der Waals surface area contributed by atoms with Gasteiger partial charge < -0.3 is 4.74 Å². The Kier molecular flexibility index (Phi) is 3.61. The molecule has 84 valence electrons. The smallest absolute Gasteiger partial charge is 0.190 e. The molecule has 2 unspecified atom stereocenters. The summed E-state index contributed by atoms with van der Waals surface area (Å²) in [4.78, 5) is 22.9. The summed E-state index contributed by atoms with van der Waals surface area (Å²) in [7, 11) is 0. The summed E-state index contributed by atoms with van der Waals surface area (Å²) in [6, 6.07) is 0. The van der Waals surface area contributed by atoms with Crippen molar-refractivity contribution in [1.82, 2.24) is 0 Å². The zero-order valence-corrected chi connectivity index (χ0v) is 11.1. The van der Waals surface area contributed by atoms with Crippen LogP contribution in [0.25, 0.3) is 0 Å². The highest BCUT2D eigenvalue weighted by Gasteiger charge is 2.50. The van der Waals surface area contributed by atoms with E-state index in [-0.39, 0.29) is 17.4 Å². The van der Waals surface area contributed by atoms with Crippen molar-refractivity contribution in [3.8, 4) is 0 Å². The topological polar surface area (TPSA) is 43.4 Å². The highest BCUT2D eigenvalue weighted by atomic mass is 79.9. The first-order valence-corrected chi connectivity index (χ1v) is 5.82. The normalized spacial score (nSPS) is 30.3. The van der Waals surface area contributed by atoms with E-state index in [0.29, 0.717) is 11.3 Å². The number of ketones is 2. The first-order valence-electron chi connectivity index (χ1n) is 4.49. The number of allylic oxidation sites excluding steroid dienone is 1. The molecule has 0 amide bonds. The van der Waals surface area contributed by atoms with Gasteiger partial charge in [0, 0.05) is 5.57 Å². The molecule has 3 nitrogen and oxygen atoms in total. The summed E-state index contributed by atoms with van der Waals surface area (Å²) in [5.41, 5.74) is 0.417. The van der Waals surface area contributed by atoms with Gasteiger partial charge in [0.05, 0.1) is 5.88 Å². The van der Waals surface area contributed by atoms with E-state index in [1.807, 2.05) is 0 Å². The van der Waals surface area contributed by atoms with Crippen LogP contribution in [0.3, 0.4) is 0 Å². The lowest BCUT2D eigenvalue weighted by atomic mass is 9.89. The van der Waals surface area contributed by atoms with Gasteiger partial charge in [0.25, 0.3) is 0 Å². The van der Waals surface area contributed by atoms with E-state index in [4.69, 9.17) is 16.3 Å². The predicted octanol–water partition coefficient (Wildman–Crippen LogP) is 2.41. The van der Waals surface area contributed by atoms with Gasteiger partial charge in [0.2, 0.25) is 0 Å². The molecular formula is C10H12BrClO3. The zero-order chi connectivity index (χ0) is 11.8. The van der Waals surface area contributed by atoms with Gasteiger partial charge in [0.1, 0.15) is 17.5 Å². The lowest BCUT2D eigenvalue weighted by Gasteiger charge is -2.25.